The third kappa shape index (κ3) is 2.76. The minimum atomic E-state index is -4.64. The van der Waals surface area contributed by atoms with Crippen LogP contribution in [0.3, 0.4) is 0 Å². The Labute approximate surface area is 140 Å². The van der Waals surface area contributed by atoms with Gasteiger partial charge < -0.3 is 0 Å². The van der Waals surface area contributed by atoms with Crippen molar-refractivity contribution in [2.75, 3.05) is 0 Å². The van der Waals surface area contributed by atoms with Crippen LogP contribution in [0.1, 0.15) is 11.4 Å². The first-order valence-electron chi connectivity index (χ1n) is 6.70. The third-order valence-corrected chi connectivity index (χ3v) is 5.38. The first kappa shape index (κ1) is 16.8. The van der Waals surface area contributed by atoms with Crippen LogP contribution in [-0.4, -0.2) is 17.4 Å². The molecule has 0 aliphatic carbocycles. The standard InChI is InChI=1S/C15H10ClF3N2O2S/c16-9-14-20-12-6-1-2-7-13(12)21(14)24(22,23)11-5-3-4-10(8-11)15(17,18)19/h1-8H,9H2. The molecule has 9 heteroatoms. The molecular weight excluding hydrogens is 365 g/mol. The number of fused-ring (bicyclic) bond motifs is 1. The van der Waals surface area contributed by atoms with E-state index in [1.54, 1.807) is 18.2 Å². The second kappa shape index (κ2) is 5.78. The van der Waals surface area contributed by atoms with E-state index in [1.165, 1.54) is 6.07 Å². The van der Waals surface area contributed by atoms with E-state index in [9.17, 15) is 21.6 Å². The lowest BCUT2D eigenvalue weighted by atomic mass is 10.2. The van der Waals surface area contributed by atoms with Gasteiger partial charge in [0.15, 0.2) is 0 Å². The number of aromatic nitrogens is 2. The van der Waals surface area contributed by atoms with Crippen molar-refractivity contribution in [1.29, 1.82) is 0 Å². The molecule has 1 aromatic heterocycles. The second-order valence-electron chi connectivity index (χ2n) is 4.95. The minimum Gasteiger partial charge on any atom is -0.231 e. The van der Waals surface area contributed by atoms with Crippen molar-refractivity contribution in [2.45, 2.75) is 17.0 Å². The van der Waals surface area contributed by atoms with E-state index in [4.69, 9.17) is 11.6 Å². The van der Waals surface area contributed by atoms with Gasteiger partial charge in [-0.3, -0.25) is 0 Å². The Kier molecular flexibility index (Phi) is 4.05. The van der Waals surface area contributed by atoms with E-state index in [0.29, 0.717) is 11.6 Å². The lowest BCUT2D eigenvalue weighted by Gasteiger charge is -2.12. The van der Waals surface area contributed by atoms with Crippen LogP contribution >= 0.6 is 11.6 Å². The fourth-order valence-corrected chi connectivity index (χ4v) is 4.13. The summed E-state index contributed by atoms with van der Waals surface area (Å²) in [6.45, 7) is 0. The highest BCUT2D eigenvalue weighted by Crippen LogP contribution is 2.32. The van der Waals surface area contributed by atoms with Gasteiger partial charge in [-0.25, -0.2) is 17.4 Å². The predicted octanol–water partition coefficient (Wildman–Crippen LogP) is 4.03. The van der Waals surface area contributed by atoms with Crippen molar-refractivity contribution in [3.05, 3.63) is 59.9 Å². The molecule has 0 atom stereocenters. The lowest BCUT2D eigenvalue weighted by Crippen LogP contribution is -2.16. The molecule has 0 aliphatic heterocycles. The normalized spacial score (nSPS) is 12.7. The largest absolute Gasteiger partial charge is 0.416 e. The third-order valence-electron chi connectivity index (χ3n) is 3.40. The number of rotatable bonds is 3. The molecule has 0 saturated heterocycles. The summed E-state index contributed by atoms with van der Waals surface area (Å²) >= 11 is 5.77. The molecule has 0 fully saturated rings. The number of hydrogen-bond donors (Lipinski definition) is 0. The van der Waals surface area contributed by atoms with Crippen molar-refractivity contribution in [1.82, 2.24) is 8.96 Å². The van der Waals surface area contributed by atoms with Crippen molar-refractivity contribution in [2.24, 2.45) is 0 Å². The Hall–Kier alpha value is -2.06. The van der Waals surface area contributed by atoms with E-state index in [2.05, 4.69) is 4.98 Å². The molecule has 126 valence electrons. The van der Waals surface area contributed by atoms with Gasteiger partial charge in [0.05, 0.1) is 27.4 Å². The first-order chi connectivity index (χ1) is 11.2. The summed E-state index contributed by atoms with van der Waals surface area (Å²) in [4.78, 5) is 3.64. The molecule has 4 nitrogen and oxygen atoms in total. The molecule has 2 aromatic carbocycles. The maximum atomic E-state index is 12.9. The average molecular weight is 375 g/mol. The summed E-state index contributed by atoms with van der Waals surface area (Å²) in [6.07, 6.45) is -4.64. The molecule has 3 aromatic rings. The topological polar surface area (TPSA) is 52.0 Å². The summed E-state index contributed by atoms with van der Waals surface area (Å²) < 4.78 is 65.2. The van der Waals surface area contributed by atoms with Gasteiger partial charge in [0.2, 0.25) is 0 Å². The van der Waals surface area contributed by atoms with E-state index in [0.717, 1.165) is 22.2 Å². The average Bonchev–Trinajstić information content (AvgIpc) is 2.93. The predicted molar refractivity (Wildman–Crippen MR) is 83.3 cm³/mol. The quantitative estimate of drug-likeness (QED) is 0.650. The molecule has 0 spiro atoms. The number of hydrogen-bond acceptors (Lipinski definition) is 3. The zero-order chi connectivity index (χ0) is 17.5. The molecule has 0 N–H and O–H groups in total. The number of alkyl halides is 4. The number of benzene rings is 2. The monoisotopic (exact) mass is 374 g/mol. The summed E-state index contributed by atoms with van der Waals surface area (Å²) in [5.74, 6) is -0.164. The number of para-hydroxylation sites is 2. The zero-order valence-corrected chi connectivity index (χ0v) is 13.5. The van der Waals surface area contributed by atoms with Crippen LogP contribution in [-0.2, 0) is 22.1 Å². The Morgan fingerprint density at radius 1 is 1.08 bits per heavy atom. The fraction of sp³-hybridized carbons (Fsp3) is 0.133. The van der Waals surface area contributed by atoms with Crippen molar-refractivity contribution >= 4 is 32.7 Å². The lowest BCUT2D eigenvalue weighted by molar-refractivity contribution is -0.137. The molecule has 0 aliphatic rings. The highest BCUT2D eigenvalue weighted by molar-refractivity contribution is 7.90. The molecule has 0 radical (unpaired) electrons. The Morgan fingerprint density at radius 3 is 2.46 bits per heavy atom. The molecule has 1 heterocycles. The molecule has 3 rings (SSSR count). The van der Waals surface area contributed by atoms with E-state index in [1.807, 2.05) is 0 Å². The van der Waals surface area contributed by atoms with Gasteiger partial charge in [0, 0.05) is 0 Å². The van der Waals surface area contributed by atoms with E-state index in [-0.39, 0.29) is 17.2 Å². The van der Waals surface area contributed by atoms with Crippen LogP contribution in [0.2, 0.25) is 0 Å². The Balaban J connectivity index is 2.26. The van der Waals surface area contributed by atoms with Gasteiger partial charge in [-0.15, -0.1) is 11.6 Å². The highest BCUT2D eigenvalue weighted by atomic mass is 35.5. The summed E-state index contributed by atoms with van der Waals surface area (Å²) in [5.41, 5.74) is -0.394. The van der Waals surface area contributed by atoms with Crippen LogP contribution in [0.15, 0.2) is 53.4 Å². The van der Waals surface area contributed by atoms with E-state index >= 15 is 0 Å². The van der Waals surface area contributed by atoms with Crippen LogP contribution in [0.25, 0.3) is 11.0 Å². The van der Waals surface area contributed by atoms with Gasteiger partial charge in [-0.1, -0.05) is 18.2 Å². The molecule has 0 bridgehead atoms. The number of imidazole rings is 1. The Morgan fingerprint density at radius 2 is 1.79 bits per heavy atom. The first-order valence-corrected chi connectivity index (χ1v) is 8.68. The van der Waals surface area contributed by atoms with Crippen LogP contribution in [0.5, 0.6) is 0 Å². The molecular formula is C15H10ClF3N2O2S. The summed E-state index contributed by atoms with van der Waals surface area (Å²) in [7, 11) is -4.28. The number of nitrogens with zero attached hydrogens (tertiary/aromatic N) is 2. The smallest absolute Gasteiger partial charge is 0.231 e. The van der Waals surface area contributed by atoms with Crippen LogP contribution in [0, 0.1) is 0 Å². The highest BCUT2D eigenvalue weighted by Gasteiger charge is 2.32. The van der Waals surface area contributed by atoms with Gasteiger partial charge in [-0.2, -0.15) is 13.2 Å². The molecule has 0 amide bonds. The van der Waals surface area contributed by atoms with Gasteiger partial charge >= 0.3 is 6.18 Å². The zero-order valence-electron chi connectivity index (χ0n) is 12.0. The van der Waals surface area contributed by atoms with Crippen LogP contribution < -0.4 is 0 Å². The summed E-state index contributed by atoms with van der Waals surface area (Å²) in [5, 5.41) is 0. The van der Waals surface area contributed by atoms with Crippen molar-refractivity contribution < 1.29 is 21.6 Å². The molecule has 0 unspecified atom stereocenters. The van der Waals surface area contributed by atoms with Crippen molar-refractivity contribution in [3.8, 4) is 0 Å². The molecule has 0 saturated carbocycles. The Bertz CT molecular complexity index is 1010. The number of halogens is 4. The van der Waals surface area contributed by atoms with Crippen molar-refractivity contribution in [3.63, 3.8) is 0 Å². The maximum Gasteiger partial charge on any atom is 0.416 e. The SMILES string of the molecule is O=S(=O)(c1cccc(C(F)(F)F)c1)n1c(CCl)nc2ccccc21. The maximum absolute atomic E-state index is 12.9. The van der Waals surface area contributed by atoms with Crippen LogP contribution in [0.4, 0.5) is 13.2 Å². The van der Waals surface area contributed by atoms with E-state index < -0.39 is 26.7 Å². The molecule has 24 heavy (non-hydrogen) atoms. The van der Waals surface area contributed by atoms with Gasteiger partial charge in [-0.05, 0) is 30.3 Å². The summed E-state index contributed by atoms with van der Waals surface area (Å²) in [6, 6.07) is 9.98. The fourth-order valence-electron chi connectivity index (χ4n) is 2.34. The van der Waals surface area contributed by atoms with Gasteiger partial charge in [0.25, 0.3) is 10.0 Å². The van der Waals surface area contributed by atoms with Gasteiger partial charge in [0.1, 0.15) is 5.82 Å². The second-order valence-corrected chi connectivity index (χ2v) is 7.00. The minimum absolute atomic E-state index is 0.0373.